The zero-order valence-corrected chi connectivity index (χ0v) is 14.7. The molecule has 98 valence electrons. The zero-order valence-electron chi connectivity index (χ0n) is 11.5. The van der Waals surface area contributed by atoms with Gasteiger partial charge in [0.25, 0.3) is 0 Å². The van der Waals surface area contributed by atoms with Crippen LogP contribution in [0.5, 0.6) is 0 Å². The topological polar surface area (TPSA) is 9.23 Å². The molecule has 0 fully saturated rings. The van der Waals surface area contributed by atoms with E-state index in [4.69, 9.17) is 15.5 Å². The van der Waals surface area contributed by atoms with E-state index in [1.807, 2.05) is 0 Å². The Labute approximate surface area is 114 Å². The minimum absolute atomic E-state index is 0.164. The fraction of sp³-hybridized carbons (Fsp3) is 0.692. The first-order chi connectivity index (χ1) is 7.90. The summed E-state index contributed by atoms with van der Waals surface area (Å²) in [6.45, 7) is 9.14. The van der Waals surface area contributed by atoms with Crippen LogP contribution in [0.4, 0.5) is 0 Å². The monoisotopic (exact) mass is 288 g/mol. The third kappa shape index (κ3) is 4.74. The van der Waals surface area contributed by atoms with E-state index in [-0.39, 0.29) is 14.2 Å². The van der Waals surface area contributed by atoms with Crippen LogP contribution >= 0.6 is 11.1 Å². The van der Waals surface area contributed by atoms with Crippen LogP contribution in [0.2, 0.25) is 25.2 Å². The Kier molecular flexibility index (Phi) is 5.70. The average molecular weight is 289 g/mol. The second kappa shape index (κ2) is 6.37. The molecule has 0 radical (unpaired) electrons. The van der Waals surface area contributed by atoms with Gasteiger partial charge in [0.1, 0.15) is 8.83 Å². The highest BCUT2D eigenvalue weighted by atomic mass is 35.6. The fourth-order valence-electron chi connectivity index (χ4n) is 2.21. The average Bonchev–Trinajstić information content (AvgIpc) is 2.27. The van der Waals surface area contributed by atoms with Gasteiger partial charge in [-0.1, -0.05) is 31.2 Å². The molecule has 0 aliphatic heterocycles. The highest BCUT2D eigenvalue weighted by Gasteiger charge is 2.34. The predicted octanol–water partition coefficient (Wildman–Crippen LogP) is 3.86. The van der Waals surface area contributed by atoms with Gasteiger partial charge in [0.15, 0.2) is 8.32 Å². The van der Waals surface area contributed by atoms with E-state index in [1.165, 1.54) is 12.1 Å². The highest BCUT2D eigenvalue weighted by molar-refractivity contribution is 6.94. The molecule has 2 atom stereocenters. The van der Waals surface area contributed by atoms with Crippen molar-refractivity contribution < 1.29 is 4.43 Å². The summed E-state index contributed by atoms with van der Waals surface area (Å²) in [5.74, 6) is 0. The van der Waals surface area contributed by atoms with Gasteiger partial charge in [0.05, 0.1) is 6.10 Å². The Hall–Kier alpha value is 0.164. The number of rotatable bonds is 6. The van der Waals surface area contributed by atoms with Gasteiger partial charge < -0.3 is 4.43 Å². The normalized spacial score (nSPS) is 26.9. The largest absolute Gasteiger partial charge is 0.414 e. The number of hydrogen-bond donors (Lipinski definition) is 0. The van der Waals surface area contributed by atoms with Crippen LogP contribution in [0, 0.1) is 5.41 Å². The summed E-state index contributed by atoms with van der Waals surface area (Å²) in [5.41, 5.74) is 0.164. The molecule has 0 heterocycles. The van der Waals surface area contributed by atoms with Gasteiger partial charge in [-0.3, -0.25) is 0 Å². The molecule has 1 nitrogen and oxygen atoms in total. The second-order valence-corrected chi connectivity index (χ2v) is 12.3. The number of halogens is 1. The highest BCUT2D eigenvalue weighted by Crippen LogP contribution is 2.35. The Morgan fingerprint density at radius 1 is 1.47 bits per heavy atom. The number of hydrogen-bond acceptors (Lipinski definition) is 1. The van der Waals surface area contributed by atoms with Crippen LogP contribution in [0.25, 0.3) is 0 Å². The SMILES string of the molecule is CC(O[Si](C)(C)CC[SiH2]Cl)C1(C)C=CC=CC1. The smallest absolute Gasteiger partial charge is 0.186 e. The summed E-state index contributed by atoms with van der Waals surface area (Å²) in [4.78, 5) is 0. The Morgan fingerprint density at radius 3 is 2.71 bits per heavy atom. The van der Waals surface area contributed by atoms with Crippen LogP contribution in [0.15, 0.2) is 24.3 Å². The second-order valence-electron chi connectivity index (χ2n) is 5.81. The first-order valence-corrected chi connectivity index (χ1v) is 12.7. The van der Waals surface area contributed by atoms with Gasteiger partial charge in [0, 0.05) is 5.41 Å². The van der Waals surface area contributed by atoms with Gasteiger partial charge in [0.2, 0.25) is 0 Å². The van der Waals surface area contributed by atoms with Crippen LogP contribution in [0.1, 0.15) is 20.3 Å². The molecule has 17 heavy (non-hydrogen) atoms. The summed E-state index contributed by atoms with van der Waals surface area (Å²) in [5, 5.41) is 0. The summed E-state index contributed by atoms with van der Waals surface area (Å²) >= 11 is 5.91. The van der Waals surface area contributed by atoms with Crippen LogP contribution in [-0.4, -0.2) is 23.3 Å². The van der Waals surface area contributed by atoms with Crippen molar-refractivity contribution in [3.05, 3.63) is 24.3 Å². The maximum atomic E-state index is 6.40. The van der Waals surface area contributed by atoms with Gasteiger partial charge in [-0.2, -0.15) is 11.1 Å². The van der Waals surface area contributed by atoms with Crippen LogP contribution < -0.4 is 0 Å². The van der Waals surface area contributed by atoms with Crippen molar-refractivity contribution in [2.75, 3.05) is 0 Å². The van der Waals surface area contributed by atoms with Crippen molar-refractivity contribution in [3.8, 4) is 0 Å². The Morgan fingerprint density at radius 2 is 2.18 bits per heavy atom. The summed E-state index contributed by atoms with van der Waals surface area (Å²) < 4.78 is 6.40. The molecule has 0 aromatic carbocycles. The van der Waals surface area contributed by atoms with Crippen molar-refractivity contribution in [1.82, 2.24) is 0 Å². The number of allylic oxidation sites excluding steroid dienone is 3. The van der Waals surface area contributed by atoms with E-state index in [9.17, 15) is 0 Å². The molecular weight excluding hydrogens is 264 g/mol. The van der Waals surface area contributed by atoms with Gasteiger partial charge in [-0.25, -0.2) is 0 Å². The molecule has 0 amide bonds. The lowest BCUT2D eigenvalue weighted by atomic mass is 9.79. The molecule has 2 unspecified atom stereocenters. The van der Waals surface area contributed by atoms with Gasteiger partial charge in [-0.05, 0) is 38.5 Å². The molecule has 0 saturated heterocycles. The molecule has 0 N–H and O–H groups in total. The quantitative estimate of drug-likeness (QED) is 0.533. The standard InChI is InChI=1S/C13H25ClOSi2/c1-12(13(2)8-6-5-7-9-13)15-17(3,4)11-10-16-14/h5-8,12H,9-11,16H2,1-4H3. The van der Waals surface area contributed by atoms with Gasteiger partial charge >= 0.3 is 0 Å². The summed E-state index contributed by atoms with van der Waals surface area (Å²) in [7, 11) is -1.86. The van der Waals surface area contributed by atoms with Crippen LogP contribution in [-0.2, 0) is 4.43 Å². The molecule has 1 aliphatic carbocycles. The maximum Gasteiger partial charge on any atom is 0.186 e. The molecule has 1 aliphatic rings. The van der Waals surface area contributed by atoms with Crippen molar-refractivity contribution in [2.24, 2.45) is 5.41 Å². The molecule has 0 saturated carbocycles. The molecule has 0 bridgehead atoms. The predicted molar refractivity (Wildman–Crippen MR) is 83.0 cm³/mol. The minimum Gasteiger partial charge on any atom is -0.414 e. The molecule has 4 heteroatoms. The summed E-state index contributed by atoms with van der Waals surface area (Å²) in [6.07, 6.45) is 10.2. The maximum absolute atomic E-state index is 6.40. The first kappa shape index (κ1) is 15.2. The van der Waals surface area contributed by atoms with Gasteiger partial charge in [-0.15, -0.1) is 0 Å². The lowest BCUT2D eigenvalue weighted by molar-refractivity contribution is 0.104. The Bertz CT molecular complexity index is 302. The van der Waals surface area contributed by atoms with Crippen molar-refractivity contribution in [3.63, 3.8) is 0 Å². The molecule has 0 aromatic rings. The lowest BCUT2D eigenvalue weighted by Gasteiger charge is -2.38. The lowest BCUT2D eigenvalue weighted by Crippen LogP contribution is -2.41. The van der Waals surface area contributed by atoms with E-state index in [0.29, 0.717) is 6.10 Å². The zero-order chi connectivity index (χ0) is 12.9. The molecule has 1 rings (SSSR count). The third-order valence-electron chi connectivity index (χ3n) is 3.62. The third-order valence-corrected chi connectivity index (χ3v) is 8.30. The van der Waals surface area contributed by atoms with Crippen molar-refractivity contribution in [1.29, 1.82) is 0 Å². The molecule has 0 aromatic heterocycles. The van der Waals surface area contributed by atoms with E-state index in [1.54, 1.807) is 0 Å². The van der Waals surface area contributed by atoms with Crippen molar-refractivity contribution >= 4 is 28.2 Å². The van der Waals surface area contributed by atoms with E-state index in [2.05, 4.69) is 51.2 Å². The van der Waals surface area contributed by atoms with E-state index in [0.717, 1.165) is 6.42 Å². The first-order valence-electron chi connectivity index (χ1n) is 6.48. The fourth-order valence-corrected chi connectivity index (χ4v) is 8.70. The van der Waals surface area contributed by atoms with Crippen molar-refractivity contribution in [2.45, 2.75) is 51.6 Å². The summed E-state index contributed by atoms with van der Waals surface area (Å²) in [6, 6.07) is 2.42. The minimum atomic E-state index is -1.53. The van der Waals surface area contributed by atoms with Crippen LogP contribution in [0.3, 0.4) is 0 Å². The molecular formula is C13H25ClOSi2. The Balaban J connectivity index is 2.55. The van der Waals surface area contributed by atoms with E-state index >= 15 is 0 Å². The van der Waals surface area contributed by atoms with E-state index < -0.39 is 8.32 Å². The molecule has 0 spiro atoms.